The molecule has 0 aliphatic carbocycles. The van der Waals surface area contributed by atoms with Crippen molar-refractivity contribution in [1.82, 2.24) is 4.31 Å². The molecule has 0 amide bonds. The fourth-order valence-corrected chi connectivity index (χ4v) is 3.36. The Balaban J connectivity index is 2.50. The van der Waals surface area contributed by atoms with Crippen molar-refractivity contribution in [2.75, 3.05) is 5.88 Å². The third kappa shape index (κ3) is 3.23. The zero-order valence-electron chi connectivity index (χ0n) is 10.2. The van der Waals surface area contributed by atoms with Crippen LogP contribution in [-0.2, 0) is 11.0 Å². The van der Waals surface area contributed by atoms with Crippen LogP contribution in [0.15, 0.2) is 0 Å². The third-order valence-corrected chi connectivity index (χ3v) is 4.84. The van der Waals surface area contributed by atoms with Crippen LogP contribution in [0.2, 0.25) is 0 Å². The molecule has 1 fully saturated rings. The number of hydrogen-bond donors (Lipinski definition) is 0. The molecule has 1 aliphatic rings. The molecule has 0 radical (unpaired) electrons. The predicted molar refractivity (Wildman–Crippen MR) is 70.7 cm³/mol. The van der Waals surface area contributed by atoms with Crippen molar-refractivity contribution in [3.05, 3.63) is 0 Å². The number of unbranched alkanes of at least 4 members (excludes halogenated alkanes) is 1. The standard InChI is InChI=1S/C12H20ClNOS/c1-5-10-11(8-6-7-9-13)14(10)16(15)12(2,3)4/h1,10-11H,6-9H2,2-4H3/t10-,11-,14?,16?/m0/s1. The second-order valence-corrected chi connectivity index (χ2v) is 7.61. The predicted octanol–water partition coefficient (Wildman–Crippen LogP) is 2.54. The van der Waals surface area contributed by atoms with Gasteiger partial charge >= 0.3 is 0 Å². The molecule has 1 heterocycles. The molecule has 0 saturated carbocycles. The van der Waals surface area contributed by atoms with Gasteiger partial charge in [0.15, 0.2) is 0 Å². The van der Waals surface area contributed by atoms with E-state index in [9.17, 15) is 4.21 Å². The molecular weight excluding hydrogens is 242 g/mol. The second kappa shape index (κ2) is 5.53. The quantitative estimate of drug-likeness (QED) is 0.322. The Morgan fingerprint density at radius 3 is 2.50 bits per heavy atom. The minimum absolute atomic E-state index is 0.0652. The van der Waals surface area contributed by atoms with E-state index in [1.54, 1.807) is 0 Å². The summed E-state index contributed by atoms with van der Waals surface area (Å²) in [5, 5.41) is 0. The number of hydrogen-bond acceptors (Lipinski definition) is 1. The third-order valence-electron chi connectivity index (χ3n) is 2.65. The Morgan fingerprint density at radius 1 is 1.44 bits per heavy atom. The normalized spacial score (nSPS) is 30.8. The van der Waals surface area contributed by atoms with Crippen molar-refractivity contribution in [3.63, 3.8) is 0 Å². The average Bonchev–Trinajstić information content (AvgIpc) is 2.89. The first-order valence-corrected chi connectivity index (χ1v) is 7.30. The van der Waals surface area contributed by atoms with Crippen molar-refractivity contribution < 1.29 is 4.21 Å². The van der Waals surface area contributed by atoms with Crippen molar-refractivity contribution in [2.45, 2.75) is 56.9 Å². The van der Waals surface area contributed by atoms with Crippen LogP contribution in [0.25, 0.3) is 0 Å². The Bertz CT molecular complexity index is 305. The maximum absolute atomic E-state index is 12.2. The van der Waals surface area contributed by atoms with Crippen molar-refractivity contribution >= 4 is 22.6 Å². The first-order valence-electron chi connectivity index (χ1n) is 5.66. The molecule has 1 saturated heterocycles. The summed E-state index contributed by atoms with van der Waals surface area (Å²) in [6.45, 7) is 5.93. The molecule has 4 heteroatoms. The van der Waals surface area contributed by atoms with Gasteiger partial charge in [-0.15, -0.1) is 18.0 Å². The van der Waals surface area contributed by atoms with Gasteiger partial charge in [0.25, 0.3) is 0 Å². The highest BCUT2D eigenvalue weighted by Crippen LogP contribution is 2.37. The van der Waals surface area contributed by atoms with Crippen molar-refractivity contribution in [2.24, 2.45) is 0 Å². The topological polar surface area (TPSA) is 20.1 Å². The first kappa shape index (κ1) is 14.0. The Labute approximate surface area is 106 Å². The van der Waals surface area contributed by atoms with Gasteiger partial charge in [-0.1, -0.05) is 12.3 Å². The van der Waals surface area contributed by atoms with E-state index in [0.717, 1.165) is 19.3 Å². The van der Waals surface area contributed by atoms with Gasteiger partial charge in [-0.2, -0.15) is 0 Å². The Hall–Kier alpha value is -0.0400. The molecule has 16 heavy (non-hydrogen) atoms. The Kier molecular flexibility index (Phi) is 4.85. The minimum atomic E-state index is -0.986. The van der Waals surface area contributed by atoms with Crippen LogP contribution in [0.3, 0.4) is 0 Å². The summed E-state index contributed by atoms with van der Waals surface area (Å²) in [4.78, 5) is 0. The van der Waals surface area contributed by atoms with Gasteiger partial charge in [0.1, 0.15) is 11.0 Å². The molecule has 4 atom stereocenters. The van der Waals surface area contributed by atoms with Gasteiger partial charge in [-0.25, -0.2) is 8.51 Å². The summed E-state index contributed by atoms with van der Waals surface area (Å²) in [6.07, 6.45) is 8.52. The van der Waals surface area contributed by atoms with Gasteiger partial charge < -0.3 is 0 Å². The van der Waals surface area contributed by atoms with Crippen LogP contribution in [0.4, 0.5) is 0 Å². The Morgan fingerprint density at radius 2 is 2.06 bits per heavy atom. The molecule has 0 N–H and O–H groups in total. The van der Waals surface area contributed by atoms with Gasteiger partial charge in [0.05, 0.1) is 16.8 Å². The van der Waals surface area contributed by atoms with Crippen LogP contribution in [0, 0.1) is 12.3 Å². The van der Waals surface area contributed by atoms with E-state index in [-0.39, 0.29) is 10.8 Å². The van der Waals surface area contributed by atoms with Crippen molar-refractivity contribution in [1.29, 1.82) is 0 Å². The van der Waals surface area contributed by atoms with E-state index in [0.29, 0.717) is 11.9 Å². The highest BCUT2D eigenvalue weighted by Gasteiger charge is 2.52. The van der Waals surface area contributed by atoms with Crippen LogP contribution in [0.1, 0.15) is 40.0 Å². The maximum Gasteiger partial charge on any atom is 0.101 e. The molecule has 0 bridgehead atoms. The number of halogens is 1. The van der Waals surface area contributed by atoms with E-state index in [1.165, 1.54) is 0 Å². The number of rotatable bonds is 5. The fraction of sp³-hybridized carbons (Fsp3) is 0.833. The summed E-state index contributed by atoms with van der Waals surface area (Å²) in [5.41, 5.74) is 0. The van der Waals surface area contributed by atoms with E-state index < -0.39 is 11.0 Å². The van der Waals surface area contributed by atoms with Crippen LogP contribution in [-0.4, -0.2) is 31.2 Å². The lowest BCUT2D eigenvalue weighted by Gasteiger charge is -2.18. The second-order valence-electron chi connectivity index (χ2n) is 5.09. The van der Waals surface area contributed by atoms with Crippen LogP contribution < -0.4 is 0 Å². The molecule has 92 valence electrons. The summed E-state index contributed by atoms with van der Waals surface area (Å²) in [7, 11) is -0.986. The summed E-state index contributed by atoms with van der Waals surface area (Å²) in [5.74, 6) is 3.41. The highest BCUT2D eigenvalue weighted by atomic mass is 35.5. The van der Waals surface area contributed by atoms with Crippen LogP contribution in [0.5, 0.6) is 0 Å². The summed E-state index contributed by atoms with van der Waals surface area (Å²) >= 11 is 5.63. The lowest BCUT2D eigenvalue weighted by molar-refractivity contribution is 0.586. The van der Waals surface area contributed by atoms with Gasteiger partial charge in [0, 0.05) is 5.88 Å². The van der Waals surface area contributed by atoms with Crippen molar-refractivity contribution in [3.8, 4) is 12.3 Å². The average molecular weight is 262 g/mol. The molecule has 0 aromatic heterocycles. The number of terminal acetylenes is 1. The smallest absolute Gasteiger partial charge is 0.101 e. The van der Waals surface area contributed by atoms with E-state index >= 15 is 0 Å². The molecule has 0 aromatic rings. The van der Waals surface area contributed by atoms with E-state index in [1.807, 2.05) is 25.1 Å². The van der Waals surface area contributed by atoms with Gasteiger partial charge in [-0.3, -0.25) is 0 Å². The fourth-order valence-electron chi connectivity index (χ4n) is 1.72. The zero-order chi connectivity index (χ0) is 12.3. The minimum Gasteiger partial charge on any atom is -0.242 e. The van der Waals surface area contributed by atoms with E-state index in [4.69, 9.17) is 18.0 Å². The molecule has 2 unspecified atom stereocenters. The van der Waals surface area contributed by atoms with Gasteiger partial charge in [-0.05, 0) is 33.6 Å². The highest BCUT2D eigenvalue weighted by molar-refractivity contribution is 7.84. The summed E-state index contributed by atoms with van der Waals surface area (Å²) in [6, 6.07) is 0.364. The lowest BCUT2D eigenvalue weighted by atomic mass is 10.2. The number of nitrogens with zero attached hydrogens (tertiary/aromatic N) is 1. The summed E-state index contributed by atoms with van der Waals surface area (Å²) < 4.78 is 13.9. The molecule has 1 rings (SSSR count). The molecule has 0 aromatic carbocycles. The van der Waals surface area contributed by atoms with Gasteiger partial charge in [0.2, 0.25) is 0 Å². The first-order chi connectivity index (χ1) is 7.43. The monoisotopic (exact) mass is 261 g/mol. The zero-order valence-corrected chi connectivity index (χ0v) is 11.8. The molecule has 2 nitrogen and oxygen atoms in total. The van der Waals surface area contributed by atoms with E-state index in [2.05, 4.69) is 5.92 Å². The SMILES string of the molecule is C#C[C@H]1[C@H](CCCCCl)N1S(=O)C(C)(C)C. The van der Waals surface area contributed by atoms with Crippen LogP contribution >= 0.6 is 11.6 Å². The molecule has 1 aliphatic heterocycles. The lowest BCUT2D eigenvalue weighted by Crippen LogP contribution is -2.28. The molecule has 0 spiro atoms. The maximum atomic E-state index is 12.2. The largest absolute Gasteiger partial charge is 0.242 e. The number of alkyl halides is 1. The molecular formula is C12H20ClNOS.